The Morgan fingerprint density at radius 3 is 2.55 bits per heavy atom. The zero-order valence-electron chi connectivity index (χ0n) is 13.6. The van der Waals surface area contributed by atoms with Crippen molar-refractivity contribution < 1.29 is 17.9 Å². The SMILES string of the molecule is CC(C)OCCC(=O)NC1CS(=O)(=O)CC1N1CCCCC1. The monoisotopic (exact) mass is 332 g/mol. The fourth-order valence-electron chi connectivity index (χ4n) is 3.24. The molecule has 0 aromatic carbocycles. The lowest BCUT2D eigenvalue weighted by Gasteiger charge is -2.35. The zero-order valence-corrected chi connectivity index (χ0v) is 14.4. The van der Waals surface area contributed by atoms with Crippen molar-refractivity contribution in [1.29, 1.82) is 0 Å². The van der Waals surface area contributed by atoms with Gasteiger partial charge in [-0.05, 0) is 39.8 Å². The summed E-state index contributed by atoms with van der Waals surface area (Å²) in [6.07, 6.45) is 3.81. The van der Waals surface area contributed by atoms with E-state index >= 15 is 0 Å². The molecule has 2 atom stereocenters. The quantitative estimate of drug-likeness (QED) is 0.769. The zero-order chi connectivity index (χ0) is 16.2. The van der Waals surface area contributed by atoms with Crippen molar-refractivity contribution in [3.63, 3.8) is 0 Å². The van der Waals surface area contributed by atoms with Gasteiger partial charge in [-0.1, -0.05) is 6.42 Å². The molecule has 2 unspecified atom stereocenters. The smallest absolute Gasteiger partial charge is 0.222 e. The molecule has 2 aliphatic rings. The number of ether oxygens (including phenoxy) is 1. The van der Waals surface area contributed by atoms with Gasteiger partial charge in [0.15, 0.2) is 9.84 Å². The first-order valence-corrected chi connectivity index (χ1v) is 10.0. The summed E-state index contributed by atoms with van der Waals surface area (Å²) in [5.41, 5.74) is 0. The van der Waals surface area contributed by atoms with Gasteiger partial charge in [-0.3, -0.25) is 9.69 Å². The van der Waals surface area contributed by atoms with Gasteiger partial charge in [0.1, 0.15) is 0 Å². The highest BCUT2D eigenvalue weighted by molar-refractivity contribution is 7.91. The van der Waals surface area contributed by atoms with Crippen LogP contribution in [0.5, 0.6) is 0 Å². The summed E-state index contributed by atoms with van der Waals surface area (Å²) in [6, 6.07) is -0.352. The molecule has 2 rings (SSSR count). The standard InChI is InChI=1S/C15H28N2O4S/c1-12(2)21-9-6-15(18)16-13-10-22(19,20)11-14(13)17-7-4-3-5-8-17/h12-14H,3-11H2,1-2H3,(H,16,18). The second kappa shape index (κ2) is 7.75. The Labute approximate surface area is 133 Å². The molecule has 2 fully saturated rings. The summed E-state index contributed by atoms with van der Waals surface area (Å²) in [6.45, 7) is 6.09. The van der Waals surface area contributed by atoms with Crippen LogP contribution in [0.3, 0.4) is 0 Å². The normalized spacial score (nSPS) is 28.9. The summed E-state index contributed by atoms with van der Waals surface area (Å²) in [4.78, 5) is 14.3. The molecule has 6 nitrogen and oxygen atoms in total. The van der Waals surface area contributed by atoms with Crippen LogP contribution in [0.2, 0.25) is 0 Å². The number of nitrogens with zero attached hydrogens (tertiary/aromatic N) is 1. The first kappa shape index (κ1) is 17.7. The summed E-state index contributed by atoms with van der Waals surface area (Å²) < 4.78 is 29.3. The van der Waals surface area contributed by atoms with Gasteiger partial charge >= 0.3 is 0 Å². The molecular weight excluding hydrogens is 304 g/mol. The third-order valence-electron chi connectivity index (χ3n) is 4.31. The van der Waals surface area contributed by atoms with E-state index in [1.807, 2.05) is 13.8 Å². The van der Waals surface area contributed by atoms with E-state index < -0.39 is 9.84 Å². The summed E-state index contributed by atoms with van der Waals surface area (Å²) in [7, 11) is -3.06. The highest BCUT2D eigenvalue weighted by Gasteiger charge is 2.41. The van der Waals surface area contributed by atoms with Crippen LogP contribution >= 0.6 is 0 Å². The third kappa shape index (κ3) is 5.21. The van der Waals surface area contributed by atoms with E-state index in [0.29, 0.717) is 6.61 Å². The van der Waals surface area contributed by atoms with E-state index in [2.05, 4.69) is 10.2 Å². The second-order valence-corrected chi connectivity index (χ2v) is 8.74. The van der Waals surface area contributed by atoms with Gasteiger partial charge in [0, 0.05) is 12.5 Å². The molecule has 7 heteroatoms. The number of amides is 1. The van der Waals surface area contributed by atoms with Crippen LogP contribution < -0.4 is 5.32 Å². The molecule has 0 saturated carbocycles. The van der Waals surface area contributed by atoms with Gasteiger partial charge in [0.25, 0.3) is 0 Å². The second-order valence-electron chi connectivity index (χ2n) is 6.58. The molecule has 0 aliphatic carbocycles. The Bertz CT molecular complexity index is 472. The van der Waals surface area contributed by atoms with Crippen molar-refractivity contribution in [3.8, 4) is 0 Å². The Morgan fingerprint density at radius 1 is 1.23 bits per heavy atom. The summed E-state index contributed by atoms with van der Waals surface area (Å²) in [5, 5.41) is 2.92. The van der Waals surface area contributed by atoms with Gasteiger partial charge in [0.2, 0.25) is 5.91 Å². The maximum Gasteiger partial charge on any atom is 0.222 e. The van der Waals surface area contributed by atoms with Crippen molar-refractivity contribution >= 4 is 15.7 Å². The average molecular weight is 332 g/mol. The van der Waals surface area contributed by atoms with Gasteiger partial charge in [-0.2, -0.15) is 0 Å². The molecule has 1 amide bonds. The number of piperidine rings is 1. The number of rotatable bonds is 6. The van der Waals surface area contributed by atoms with Gasteiger partial charge in [-0.25, -0.2) is 8.42 Å². The van der Waals surface area contributed by atoms with Crippen LogP contribution in [0.15, 0.2) is 0 Å². The first-order valence-electron chi connectivity index (χ1n) is 8.23. The predicted octanol–water partition coefficient (Wildman–Crippen LogP) is 0.569. The third-order valence-corrected chi connectivity index (χ3v) is 6.03. The maximum absolute atomic E-state index is 12.0. The summed E-state index contributed by atoms with van der Waals surface area (Å²) in [5.74, 6) is 0.107. The minimum atomic E-state index is -3.06. The van der Waals surface area contributed by atoms with E-state index in [4.69, 9.17) is 4.74 Å². The highest BCUT2D eigenvalue weighted by atomic mass is 32.2. The highest BCUT2D eigenvalue weighted by Crippen LogP contribution is 2.22. The Kier molecular flexibility index (Phi) is 6.23. The Balaban J connectivity index is 1.90. The van der Waals surface area contributed by atoms with Gasteiger partial charge < -0.3 is 10.1 Å². The van der Waals surface area contributed by atoms with Crippen LogP contribution in [0.4, 0.5) is 0 Å². The maximum atomic E-state index is 12.0. The van der Waals surface area contributed by atoms with E-state index in [0.717, 1.165) is 25.9 Å². The minimum absolute atomic E-state index is 0.0605. The van der Waals surface area contributed by atoms with Crippen molar-refractivity contribution in [2.45, 2.75) is 57.7 Å². The molecule has 2 saturated heterocycles. The molecule has 2 aliphatic heterocycles. The topological polar surface area (TPSA) is 75.7 Å². The molecule has 22 heavy (non-hydrogen) atoms. The fraction of sp³-hybridized carbons (Fsp3) is 0.933. The molecule has 2 heterocycles. The first-order chi connectivity index (χ1) is 10.4. The van der Waals surface area contributed by atoms with Crippen molar-refractivity contribution in [3.05, 3.63) is 0 Å². The van der Waals surface area contributed by atoms with Crippen LogP contribution in [0.1, 0.15) is 39.5 Å². The Morgan fingerprint density at radius 2 is 1.91 bits per heavy atom. The van der Waals surface area contributed by atoms with Crippen molar-refractivity contribution in [2.75, 3.05) is 31.2 Å². The number of sulfone groups is 1. The number of likely N-dealkylation sites (tertiary alicyclic amines) is 1. The van der Waals surface area contributed by atoms with Crippen LogP contribution in [0, 0.1) is 0 Å². The molecule has 1 N–H and O–H groups in total. The number of carbonyl (C=O) groups excluding carboxylic acids is 1. The summed E-state index contributed by atoms with van der Waals surface area (Å²) >= 11 is 0. The number of hydrogen-bond donors (Lipinski definition) is 1. The van der Waals surface area contributed by atoms with Crippen LogP contribution in [0.25, 0.3) is 0 Å². The number of carbonyl (C=O) groups is 1. The van der Waals surface area contributed by atoms with E-state index in [-0.39, 0.29) is 42.0 Å². The molecule has 0 radical (unpaired) electrons. The fourth-order valence-corrected chi connectivity index (χ4v) is 5.20. The van der Waals surface area contributed by atoms with Crippen molar-refractivity contribution in [1.82, 2.24) is 10.2 Å². The molecule has 128 valence electrons. The lowest BCUT2D eigenvalue weighted by molar-refractivity contribution is -0.123. The lowest BCUT2D eigenvalue weighted by atomic mass is 10.0. The molecule has 0 aromatic heterocycles. The largest absolute Gasteiger partial charge is 0.378 e. The molecule has 0 aromatic rings. The number of hydrogen-bond acceptors (Lipinski definition) is 5. The molecular formula is C15H28N2O4S. The van der Waals surface area contributed by atoms with E-state index in [9.17, 15) is 13.2 Å². The van der Waals surface area contributed by atoms with E-state index in [1.54, 1.807) is 0 Å². The van der Waals surface area contributed by atoms with Gasteiger partial charge in [-0.15, -0.1) is 0 Å². The Hall–Kier alpha value is -0.660. The molecule has 0 spiro atoms. The van der Waals surface area contributed by atoms with Crippen LogP contribution in [-0.4, -0.2) is 68.6 Å². The predicted molar refractivity (Wildman–Crippen MR) is 85.5 cm³/mol. The lowest BCUT2D eigenvalue weighted by Crippen LogP contribution is -2.52. The van der Waals surface area contributed by atoms with Gasteiger partial charge in [0.05, 0.1) is 30.3 Å². The number of nitrogens with one attached hydrogen (secondary N) is 1. The van der Waals surface area contributed by atoms with Crippen LogP contribution in [-0.2, 0) is 19.4 Å². The molecule has 0 bridgehead atoms. The van der Waals surface area contributed by atoms with E-state index in [1.165, 1.54) is 6.42 Å². The van der Waals surface area contributed by atoms with Crippen molar-refractivity contribution in [2.24, 2.45) is 0 Å². The average Bonchev–Trinajstić information content (AvgIpc) is 2.74. The minimum Gasteiger partial charge on any atom is -0.378 e.